The van der Waals surface area contributed by atoms with E-state index in [1.165, 1.54) is 12.8 Å². The molecule has 0 saturated heterocycles. The summed E-state index contributed by atoms with van der Waals surface area (Å²) in [4.78, 5) is 14.8. The van der Waals surface area contributed by atoms with E-state index in [4.69, 9.17) is 4.42 Å². The zero-order chi connectivity index (χ0) is 17.3. The first-order valence-electron chi connectivity index (χ1n) is 8.14. The molecule has 0 bridgehead atoms. The first kappa shape index (κ1) is 16.3. The molecule has 0 aliphatic heterocycles. The van der Waals surface area contributed by atoms with Crippen molar-refractivity contribution in [1.82, 2.24) is 14.8 Å². The molecule has 0 unspecified atom stereocenters. The molecule has 6 nitrogen and oxygen atoms in total. The molecule has 126 valence electrons. The second kappa shape index (κ2) is 6.54. The standard InChI is InChI=1S/C18H22N4O2/c1-12-16(14(10-19)18(24-12)22-8-4-5-9-22)17(23)20-11-15(21(2)3)13-6-7-13/h4-5,8-9,13,15H,6-7,11H2,1-3H3,(H,20,23)/t15-/m0/s1. The van der Waals surface area contributed by atoms with Crippen molar-refractivity contribution in [2.24, 2.45) is 5.92 Å². The van der Waals surface area contributed by atoms with Gasteiger partial charge in [-0.05, 0) is 51.9 Å². The van der Waals surface area contributed by atoms with Crippen LogP contribution >= 0.6 is 0 Å². The lowest BCUT2D eigenvalue weighted by Crippen LogP contribution is -2.41. The summed E-state index contributed by atoms with van der Waals surface area (Å²) in [5, 5.41) is 12.5. The van der Waals surface area contributed by atoms with Crippen LogP contribution in [0.15, 0.2) is 28.9 Å². The van der Waals surface area contributed by atoms with Crippen LogP contribution in [0.3, 0.4) is 0 Å². The summed E-state index contributed by atoms with van der Waals surface area (Å²) < 4.78 is 7.39. The number of carbonyl (C=O) groups excluding carboxylic acids is 1. The van der Waals surface area contributed by atoms with Crippen LogP contribution in [0, 0.1) is 24.2 Å². The first-order valence-corrected chi connectivity index (χ1v) is 8.14. The van der Waals surface area contributed by atoms with Gasteiger partial charge in [0.1, 0.15) is 23.0 Å². The van der Waals surface area contributed by atoms with Crippen LogP contribution < -0.4 is 5.32 Å². The number of likely N-dealkylation sites (N-methyl/N-ethyl adjacent to an activating group) is 1. The second-order valence-electron chi connectivity index (χ2n) is 6.49. The van der Waals surface area contributed by atoms with E-state index < -0.39 is 0 Å². The molecule has 1 aliphatic rings. The van der Waals surface area contributed by atoms with E-state index in [2.05, 4.69) is 16.3 Å². The van der Waals surface area contributed by atoms with Crippen molar-refractivity contribution in [2.75, 3.05) is 20.6 Å². The normalized spacial score (nSPS) is 15.3. The maximum atomic E-state index is 12.6. The Bertz CT molecular complexity index is 762. The Kier molecular flexibility index (Phi) is 4.45. The van der Waals surface area contributed by atoms with Gasteiger partial charge in [-0.25, -0.2) is 0 Å². The van der Waals surface area contributed by atoms with Gasteiger partial charge in [0.25, 0.3) is 5.91 Å². The molecule has 0 radical (unpaired) electrons. The highest BCUT2D eigenvalue weighted by atomic mass is 16.4. The molecule has 1 N–H and O–H groups in total. The third kappa shape index (κ3) is 3.08. The van der Waals surface area contributed by atoms with Gasteiger partial charge in [-0.3, -0.25) is 9.36 Å². The van der Waals surface area contributed by atoms with Gasteiger partial charge in [0, 0.05) is 25.0 Å². The van der Waals surface area contributed by atoms with Crippen molar-refractivity contribution in [2.45, 2.75) is 25.8 Å². The fourth-order valence-electron chi connectivity index (χ4n) is 3.10. The quantitative estimate of drug-likeness (QED) is 0.884. The van der Waals surface area contributed by atoms with Gasteiger partial charge >= 0.3 is 0 Å². The Labute approximate surface area is 141 Å². The largest absolute Gasteiger partial charge is 0.443 e. The van der Waals surface area contributed by atoms with Crippen LogP contribution in [0.25, 0.3) is 5.88 Å². The third-order valence-electron chi connectivity index (χ3n) is 4.54. The molecule has 1 saturated carbocycles. The second-order valence-corrected chi connectivity index (χ2v) is 6.49. The maximum Gasteiger partial charge on any atom is 0.256 e. The first-order chi connectivity index (χ1) is 11.5. The number of carbonyl (C=O) groups is 1. The number of amides is 1. The van der Waals surface area contributed by atoms with Crippen molar-refractivity contribution in [3.05, 3.63) is 41.4 Å². The minimum atomic E-state index is -0.251. The van der Waals surface area contributed by atoms with Crippen LogP contribution in [0.4, 0.5) is 0 Å². The molecule has 6 heteroatoms. The Morgan fingerprint density at radius 1 is 1.46 bits per heavy atom. The molecule has 1 aliphatic carbocycles. The Balaban J connectivity index is 1.81. The van der Waals surface area contributed by atoms with Crippen LogP contribution in [-0.4, -0.2) is 42.1 Å². The molecule has 2 aromatic heterocycles. The average Bonchev–Trinajstić information content (AvgIpc) is 3.11. The highest BCUT2D eigenvalue weighted by Gasteiger charge is 2.33. The maximum absolute atomic E-state index is 12.6. The summed E-state index contributed by atoms with van der Waals surface area (Å²) in [6.45, 7) is 2.29. The van der Waals surface area contributed by atoms with Crippen molar-refractivity contribution in [3.63, 3.8) is 0 Å². The lowest BCUT2D eigenvalue weighted by atomic mass is 10.1. The smallest absolute Gasteiger partial charge is 0.256 e. The van der Waals surface area contributed by atoms with E-state index in [9.17, 15) is 10.1 Å². The van der Waals surface area contributed by atoms with Gasteiger partial charge in [0.05, 0.1) is 0 Å². The summed E-state index contributed by atoms with van der Waals surface area (Å²) in [5.41, 5.74) is 0.600. The molecular weight excluding hydrogens is 304 g/mol. The summed E-state index contributed by atoms with van der Waals surface area (Å²) in [6.07, 6.45) is 6.00. The summed E-state index contributed by atoms with van der Waals surface area (Å²) in [6, 6.07) is 6.13. The van der Waals surface area contributed by atoms with E-state index in [-0.39, 0.29) is 11.5 Å². The molecule has 1 amide bonds. The predicted octanol–water partition coefficient (Wildman–Crippen LogP) is 2.32. The van der Waals surface area contributed by atoms with Crippen molar-refractivity contribution >= 4 is 5.91 Å². The molecule has 2 aromatic rings. The van der Waals surface area contributed by atoms with Gasteiger partial charge in [-0.2, -0.15) is 5.26 Å². The summed E-state index contributed by atoms with van der Waals surface area (Å²) >= 11 is 0. The van der Waals surface area contributed by atoms with Crippen molar-refractivity contribution < 1.29 is 9.21 Å². The zero-order valence-electron chi connectivity index (χ0n) is 14.2. The molecule has 24 heavy (non-hydrogen) atoms. The summed E-state index contributed by atoms with van der Waals surface area (Å²) in [5.74, 6) is 1.24. The minimum Gasteiger partial charge on any atom is -0.443 e. The average molecular weight is 326 g/mol. The van der Waals surface area contributed by atoms with Crippen LogP contribution in [0.5, 0.6) is 0 Å². The van der Waals surface area contributed by atoms with Crippen molar-refractivity contribution in [1.29, 1.82) is 5.26 Å². The van der Waals surface area contributed by atoms with Crippen LogP contribution in [0.1, 0.15) is 34.5 Å². The van der Waals surface area contributed by atoms with E-state index in [1.807, 2.05) is 26.2 Å². The third-order valence-corrected chi connectivity index (χ3v) is 4.54. The fraction of sp³-hybridized carbons (Fsp3) is 0.444. The number of nitrogens with zero attached hydrogens (tertiary/aromatic N) is 3. The predicted molar refractivity (Wildman–Crippen MR) is 90.0 cm³/mol. The molecular formula is C18H22N4O2. The molecule has 0 aromatic carbocycles. The highest BCUT2D eigenvalue weighted by Crippen LogP contribution is 2.34. The van der Waals surface area contributed by atoms with Crippen LogP contribution in [0.2, 0.25) is 0 Å². The molecule has 1 atom stereocenters. The van der Waals surface area contributed by atoms with E-state index in [0.717, 1.165) is 0 Å². The van der Waals surface area contributed by atoms with Gasteiger partial charge in [0.15, 0.2) is 0 Å². The number of nitrogens with one attached hydrogen (secondary N) is 1. The molecule has 2 heterocycles. The van der Waals surface area contributed by atoms with Crippen molar-refractivity contribution in [3.8, 4) is 12.0 Å². The van der Waals surface area contributed by atoms with Gasteiger partial charge in [-0.1, -0.05) is 0 Å². The molecule has 0 spiro atoms. The number of nitriles is 1. The van der Waals surface area contributed by atoms with E-state index in [0.29, 0.717) is 35.7 Å². The SMILES string of the molecule is Cc1oc(-n2cccc2)c(C#N)c1C(=O)NC[C@@H](C1CC1)N(C)C. The zero-order valence-corrected chi connectivity index (χ0v) is 14.2. The topological polar surface area (TPSA) is 74.2 Å². The number of furan rings is 1. The Morgan fingerprint density at radius 2 is 2.12 bits per heavy atom. The lowest BCUT2D eigenvalue weighted by molar-refractivity contribution is 0.0937. The number of aryl methyl sites for hydroxylation is 1. The van der Waals surface area contributed by atoms with Crippen LogP contribution in [-0.2, 0) is 0 Å². The van der Waals surface area contributed by atoms with Gasteiger partial charge < -0.3 is 14.6 Å². The Morgan fingerprint density at radius 3 is 2.67 bits per heavy atom. The van der Waals surface area contributed by atoms with Gasteiger partial charge in [-0.15, -0.1) is 0 Å². The fourth-order valence-corrected chi connectivity index (χ4v) is 3.10. The minimum absolute atomic E-state index is 0.251. The Hall–Kier alpha value is -2.52. The van der Waals surface area contributed by atoms with E-state index in [1.54, 1.807) is 23.9 Å². The van der Waals surface area contributed by atoms with Gasteiger partial charge in [0.2, 0.25) is 5.88 Å². The number of rotatable bonds is 6. The molecule has 1 fully saturated rings. The lowest BCUT2D eigenvalue weighted by Gasteiger charge is -2.24. The number of aromatic nitrogens is 1. The summed E-state index contributed by atoms with van der Waals surface area (Å²) in [7, 11) is 4.06. The van der Waals surface area contributed by atoms with E-state index >= 15 is 0 Å². The monoisotopic (exact) mass is 326 g/mol. The highest BCUT2D eigenvalue weighted by molar-refractivity contribution is 5.98. The number of hydrogen-bond donors (Lipinski definition) is 1. The number of hydrogen-bond acceptors (Lipinski definition) is 4. The molecule has 3 rings (SSSR count).